The Morgan fingerprint density at radius 2 is 2.00 bits per heavy atom. The lowest BCUT2D eigenvalue weighted by atomic mass is 10.2. The molecule has 0 amide bonds. The predicted octanol–water partition coefficient (Wildman–Crippen LogP) is 3.60. The number of rotatable bonds is 6. The van der Waals surface area contributed by atoms with Gasteiger partial charge < -0.3 is 9.64 Å². The van der Waals surface area contributed by atoms with Crippen LogP contribution in [-0.2, 0) is 0 Å². The number of hydrogen-bond donors (Lipinski definition) is 0. The van der Waals surface area contributed by atoms with E-state index in [1.54, 1.807) is 24.3 Å². The van der Waals surface area contributed by atoms with E-state index >= 15 is 0 Å². The third kappa shape index (κ3) is 4.50. The highest BCUT2D eigenvalue weighted by Gasteiger charge is 2.02. The van der Waals surface area contributed by atoms with Crippen molar-refractivity contribution in [2.45, 2.75) is 6.42 Å². The van der Waals surface area contributed by atoms with E-state index in [1.165, 1.54) is 12.1 Å². The van der Waals surface area contributed by atoms with Gasteiger partial charge in [-0.25, -0.2) is 4.39 Å². The van der Waals surface area contributed by atoms with Gasteiger partial charge in [-0.2, -0.15) is 5.26 Å². The second kappa shape index (κ2) is 7.30. The molecule has 0 aliphatic heterocycles. The zero-order valence-electron chi connectivity index (χ0n) is 11.9. The number of benzene rings is 2. The molecule has 0 aliphatic rings. The maximum Gasteiger partial charge on any atom is 0.125 e. The van der Waals surface area contributed by atoms with Crippen LogP contribution in [0.3, 0.4) is 0 Å². The standard InChI is InChI=1S/C17H17FN2O/c1-20(16-7-3-6-15(18)12-16)9-4-10-21-17-8-2-5-14(11-17)13-19/h2-3,5-8,11-12H,4,9-10H2,1H3. The molecular formula is C17H17FN2O. The number of nitrogens with zero attached hydrogens (tertiary/aromatic N) is 2. The van der Waals surface area contributed by atoms with Gasteiger partial charge in [0.2, 0.25) is 0 Å². The zero-order valence-corrected chi connectivity index (χ0v) is 11.9. The van der Waals surface area contributed by atoms with E-state index < -0.39 is 0 Å². The van der Waals surface area contributed by atoms with Crippen LogP contribution in [0.1, 0.15) is 12.0 Å². The summed E-state index contributed by atoms with van der Waals surface area (Å²) in [6.45, 7) is 1.32. The van der Waals surface area contributed by atoms with Crippen LogP contribution in [-0.4, -0.2) is 20.2 Å². The molecule has 0 N–H and O–H groups in total. The van der Waals surface area contributed by atoms with Gasteiger partial charge in [0.15, 0.2) is 0 Å². The molecule has 108 valence electrons. The Kier molecular flexibility index (Phi) is 5.16. The number of halogens is 1. The fraction of sp³-hybridized carbons (Fsp3) is 0.235. The Hall–Kier alpha value is -2.54. The molecule has 4 heteroatoms. The Balaban J connectivity index is 1.78. The quantitative estimate of drug-likeness (QED) is 0.760. The minimum absolute atomic E-state index is 0.232. The smallest absolute Gasteiger partial charge is 0.125 e. The Labute approximate surface area is 124 Å². The maximum atomic E-state index is 13.1. The first kappa shape index (κ1) is 14.9. The number of hydrogen-bond acceptors (Lipinski definition) is 3. The summed E-state index contributed by atoms with van der Waals surface area (Å²) in [5, 5.41) is 8.81. The third-order valence-corrected chi connectivity index (χ3v) is 3.12. The first-order chi connectivity index (χ1) is 10.2. The van der Waals surface area contributed by atoms with Crippen LogP contribution in [0.15, 0.2) is 48.5 Å². The topological polar surface area (TPSA) is 36.3 Å². The molecule has 2 aromatic rings. The molecule has 0 atom stereocenters. The molecular weight excluding hydrogens is 267 g/mol. The van der Waals surface area contributed by atoms with Gasteiger partial charge in [-0.1, -0.05) is 12.1 Å². The SMILES string of the molecule is CN(CCCOc1cccc(C#N)c1)c1cccc(F)c1. The van der Waals surface area contributed by atoms with Gasteiger partial charge in [0.1, 0.15) is 11.6 Å². The van der Waals surface area contributed by atoms with Crippen molar-refractivity contribution in [2.75, 3.05) is 25.1 Å². The second-order valence-corrected chi connectivity index (χ2v) is 4.74. The van der Waals surface area contributed by atoms with Gasteiger partial charge >= 0.3 is 0 Å². The minimum Gasteiger partial charge on any atom is -0.493 e. The van der Waals surface area contributed by atoms with Crippen molar-refractivity contribution in [3.8, 4) is 11.8 Å². The summed E-state index contributed by atoms with van der Waals surface area (Å²) in [4.78, 5) is 1.98. The van der Waals surface area contributed by atoms with E-state index in [1.807, 2.05) is 24.1 Å². The summed E-state index contributed by atoms with van der Waals surface area (Å²) in [7, 11) is 1.92. The van der Waals surface area contributed by atoms with Crippen LogP contribution in [0, 0.1) is 17.1 Å². The van der Waals surface area contributed by atoms with Gasteiger partial charge in [0, 0.05) is 19.3 Å². The van der Waals surface area contributed by atoms with Gasteiger partial charge in [-0.15, -0.1) is 0 Å². The normalized spacial score (nSPS) is 9.95. The van der Waals surface area contributed by atoms with Crippen LogP contribution in [0.25, 0.3) is 0 Å². The van der Waals surface area contributed by atoms with Crippen molar-refractivity contribution in [2.24, 2.45) is 0 Å². The van der Waals surface area contributed by atoms with Crippen molar-refractivity contribution in [3.05, 3.63) is 59.9 Å². The van der Waals surface area contributed by atoms with Crippen LogP contribution in [0.5, 0.6) is 5.75 Å². The molecule has 0 spiro atoms. The average Bonchev–Trinajstić information content (AvgIpc) is 2.51. The number of anilines is 1. The van der Waals surface area contributed by atoms with E-state index in [4.69, 9.17) is 10.00 Å². The van der Waals surface area contributed by atoms with E-state index in [-0.39, 0.29) is 5.82 Å². The Bertz CT molecular complexity index is 637. The van der Waals surface area contributed by atoms with Crippen molar-refractivity contribution >= 4 is 5.69 Å². The first-order valence-electron chi connectivity index (χ1n) is 6.79. The Morgan fingerprint density at radius 3 is 2.76 bits per heavy atom. The summed E-state index contributed by atoms with van der Waals surface area (Å²) in [5.41, 5.74) is 1.44. The monoisotopic (exact) mass is 284 g/mol. The van der Waals surface area contributed by atoms with E-state index in [0.29, 0.717) is 17.9 Å². The lowest BCUT2D eigenvalue weighted by Crippen LogP contribution is -2.20. The molecule has 0 saturated heterocycles. The van der Waals surface area contributed by atoms with Gasteiger partial charge in [-0.05, 0) is 42.8 Å². The molecule has 0 aliphatic carbocycles. The maximum absolute atomic E-state index is 13.1. The molecule has 0 heterocycles. The molecule has 2 aromatic carbocycles. The highest BCUT2D eigenvalue weighted by atomic mass is 19.1. The lowest BCUT2D eigenvalue weighted by Gasteiger charge is -2.19. The Morgan fingerprint density at radius 1 is 1.19 bits per heavy atom. The second-order valence-electron chi connectivity index (χ2n) is 4.74. The van der Waals surface area contributed by atoms with Crippen LogP contribution < -0.4 is 9.64 Å². The summed E-state index contributed by atoms with van der Waals surface area (Å²) in [6, 6.07) is 15.7. The number of ether oxygens (including phenoxy) is 1. The summed E-state index contributed by atoms with van der Waals surface area (Å²) >= 11 is 0. The van der Waals surface area contributed by atoms with Gasteiger partial charge in [0.25, 0.3) is 0 Å². The lowest BCUT2D eigenvalue weighted by molar-refractivity contribution is 0.312. The van der Waals surface area contributed by atoms with Crippen molar-refractivity contribution < 1.29 is 9.13 Å². The minimum atomic E-state index is -0.232. The molecule has 0 aromatic heterocycles. The first-order valence-corrected chi connectivity index (χ1v) is 6.79. The van der Waals surface area contributed by atoms with Gasteiger partial charge in [0.05, 0.1) is 18.2 Å². The molecule has 0 radical (unpaired) electrons. The molecule has 3 nitrogen and oxygen atoms in total. The third-order valence-electron chi connectivity index (χ3n) is 3.12. The predicted molar refractivity (Wildman–Crippen MR) is 80.9 cm³/mol. The molecule has 0 unspecified atom stereocenters. The van der Waals surface area contributed by atoms with Crippen molar-refractivity contribution in [1.82, 2.24) is 0 Å². The van der Waals surface area contributed by atoms with Gasteiger partial charge in [-0.3, -0.25) is 0 Å². The zero-order chi connectivity index (χ0) is 15.1. The molecule has 21 heavy (non-hydrogen) atoms. The molecule has 0 saturated carbocycles. The summed E-state index contributed by atoms with van der Waals surface area (Å²) in [5.74, 6) is 0.464. The summed E-state index contributed by atoms with van der Waals surface area (Å²) in [6.07, 6.45) is 0.809. The van der Waals surface area contributed by atoms with E-state index in [0.717, 1.165) is 18.7 Å². The highest BCUT2D eigenvalue weighted by Crippen LogP contribution is 2.15. The fourth-order valence-electron chi connectivity index (χ4n) is 1.99. The van der Waals surface area contributed by atoms with E-state index in [9.17, 15) is 4.39 Å². The average molecular weight is 284 g/mol. The van der Waals surface area contributed by atoms with Crippen LogP contribution in [0.4, 0.5) is 10.1 Å². The van der Waals surface area contributed by atoms with Crippen LogP contribution in [0.2, 0.25) is 0 Å². The largest absolute Gasteiger partial charge is 0.493 e. The van der Waals surface area contributed by atoms with Crippen molar-refractivity contribution in [1.29, 1.82) is 5.26 Å². The molecule has 0 fully saturated rings. The number of nitriles is 1. The van der Waals surface area contributed by atoms with Crippen molar-refractivity contribution in [3.63, 3.8) is 0 Å². The molecule has 2 rings (SSSR count). The van der Waals surface area contributed by atoms with E-state index in [2.05, 4.69) is 6.07 Å². The summed E-state index contributed by atoms with van der Waals surface area (Å²) < 4.78 is 18.7. The van der Waals surface area contributed by atoms with Crippen LogP contribution >= 0.6 is 0 Å². The highest BCUT2D eigenvalue weighted by molar-refractivity contribution is 5.45. The fourth-order valence-corrected chi connectivity index (χ4v) is 1.99. The molecule has 0 bridgehead atoms.